The van der Waals surface area contributed by atoms with Crippen LogP contribution in [0.2, 0.25) is 0 Å². The zero-order valence-electron chi connectivity index (χ0n) is 13.5. The zero-order valence-corrected chi connectivity index (χ0v) is 15.9. The number of halogens is 1. The maximum atomic E-state index is 11.8. The summed E-state index contributed by atoms with van der Waals surface area (Å²) in [7, 11) is 0. The Bertz CT molecular complexity index is 941. The van der Waals surface area contributed by atoms with E-state index in [1.807, 2.05) is 30.3 Å². The molecule has 0 unspecified atom stereocenters. The minimum Gasteiger partial charge on any atom is -0.492 e. The first-order chi connectivity index (χ1) is 12.5. The second kappa shape index (κ2) is 7.92. The van der Waals surface area contributed by atoms with Gasteiger partial charge in [-0.3, -0.25) is 19.7 Å². The van der Waals surface area contributed by atoms with Gasteiger partial charge >= 0.3 is 5.97 Å². The summed E-state index contributed by atoms with van der Waals surface area (Å²) in [6.07, 6.45) is 2.12. The molecule has 1 aliphatic heterocycles. The second-order valence-corrected chi connectivity index (χ2v) is 7.39. The van der Waals surface area contributed by atoms with Crippen LogP contribution in [0.15, 0.2) is 39.7 Å². The van der Waals surface area contributed by atoms with Gasteiger partial charge in [-0.05, 0) is 57.2 Å². The zero-order chi connectivity index (χ0) is 18.7. The van der Waals surface area contributed by atoms with E-state index >= 15 is 0 Å². The number of imide groups is 1. The highest BCUT2D eigenvalue weighted by atomic mass is 79.9. The number of ether oxygens (including phenoxy) is 1. The summed E-state index contributed by atoms with van der Waals surface area (Å²) < 4.78 is 6.48. The molecule has 0 aliphatic carbocycles. The van der Waals surface area contributed by atoms with Gasteiger partial charge in [-0.1, -0.05) is 24.3 Å². The third kappa shape index (κ3) is 4.08. The normalized spacial score (nSPS) is 15.5. The summed E-state index contributed by atoms with van der Waals surface area (Å²) in [6, 6.07) is 9.35. The van der Waals surface area contributed by atoms with Crippen molar-refractivity contribution >= 4 is 61.7 Å². The third-order valence-electron chi connectivity index (χ3n) is 3.69. The molecule has 2 amide bonds. The van der Waals surface area contributed by atoms with Gasteiger partial charge in [0.1, 0.15) is 5.75 Å². The lowest BCUT2D eigenvalue weighted by Crippen LogP contribution is -2.17. The Balaban J connectivity index is 1.96. The summed E-state index contributed by atoms with van der Waals surface area (Å²) >= 11 is 4.35. The number of fused-ring (bicyclic) bond motifs is 1. The topological polar surface area (TPSA) is 92.7 Å². The van der Waals surface area contributed by atoms with Crippen molar-refractivity contribution in [2.75, 3.05) is 6.61 Å². The van der Waals surface area contributed by atoms with Crippen molar-refractivity contribution in [2.45, 2.75) is 12.8 Å². The van der Waals surface area contributed by atoms with Crippen LogP contribution >= 0.6 is 27.7 Å². The molecule has 2 N–H and O–H groups in total. The molecule has 1 saturated heterocycles. The largest absolute Gasteiger partial charge is 0.492 e. The highest BCUT2D eigenvalue weighted by Gasteiger charge is 2.25. The van der Waals surface area contributed by atoms with E-state index in [9.17, 15) is 14.4 Å². The lowest BCUT2D eigenvalue weighted by atomic mass is 10.0. The van der Waals surface area contributed by atoms with Gasteiger partial charge in [-0.2, -0.15) is 0 Å². The van der Waals surface area contributed by atoms with Crippen molar-refractivity contribution in [3.05, 3.63) is 45.3 Å². The van der Waals surface area contributed by atoms with Crippen LogP contribution in [0.3, 0.4) is 0 Å². The van der Waals surface area contributed by atoms with Gasteiger partial charge in [0.25, 0.3) is 11.1 Å². The fraction of sp³-hybridized carbons (Fsp3) is 0.167. The van der Waals surface area contributed by atoms with Gasteiger partial charge in [0.15, 0.2) is 0 Å². The molecular weight excluding hydrogens is 422 g/mol. The predicted molar refractivity (Wildman–Crippen MR) is 103 cm³/mol. The van der Waals surface area contributed by atoms with Crippen molar-refractivity contribution in [2.24, 2.45) is 0 Å². The monoisotopic (exact) mass is 435 g/mol. The van der Waals surface area contributed by atoms with E-state index in [4.69, 9.17) is 9.84 Å². The molecule has 1 aliphatic rings. The Morgan fingerprint density at radius 2 is 2.00 bits per heavy atom. The summed E-state index contributed by atoms with van der Waals surface area (Å²) in [5.74, 6) is -0.650. The van der Waals surface area contributed by atoms with Crippen LogP contribution in [0.1, 0.15) is 18.4 Å². The number of nitrogens with one attached hydrogen (secondary N) is 1. The summed E-state index contributed by atoms with van der Waals surface area (Å²) in [4.78, 5) is 34.1. The first-order valence-electron chi connectivity index (χ1n) is 7.76. The lowest BCUT2D eigenvalue weighted by Gasteiger charge is -2.13. The number of carbonyl (C=O) groups is 3. The van der Waals surface area contributed by atoms with E-state index in [-0.39, 0.29) is 18.3 Å². The molecule has 0 radical (unpaired) electrons. The lowest BCUT2D eigenvalue weighted by molar-refractivity contribution is -0.137. The average Bonchev–Trinajstić information content (AvgIpc) is 2.91. The maximum absolute atomic E-state index is 11.8. The summed E-state index contributed by atoms with van der Waals surface area (Å²) in [6.45, 7) is 0.280. The minimum absolute atomic E-state index is 0.0418. The van der Waals surface area contributed by atoms with Crippen molar-refractivity contribution in [1.29, 1.82) is 0 Å². The Kier molecular flexibility index (Phi) is 5.63. The molecule has 2 aromatic rings. The van der Waals surface area contributed by atoms with Gasteiger partial charge in [-0.25, -0.2) is 0 Å². The number of carbonyl (C=O) groups excluding carboxylic acids is 2. The van der Waals surface area contributed by atoms with Crippen molar-refractivity contribution < 1.29 is 24.2 Å². The molecule has 8 heteroatoms. The molecule has 0 aromatic heterocycles. The van der Waals surface area contributed by atoms with Crippen LogP contribution in [0.4, 0.5) is 4.79 Å². The van der Waals surface area contributed by atoms with Crippen LogP contribution < -0.4 is 10.1 Å². The van der Waals surface area contributed by atoms with E-state index in [0.717, 1.165) is 28.1 Å². The molecule has 2 aromatic carbocycles. The Morgan fingerprint density at radius 3 is 2.65 bits per heavy atom. The number of aliphatic carboxylic acids is 1. The number of hydrogen-bond donors (Lipinski definition) is 2. The van der Waals surface area contributed by atoms with Gasteiger partial charge in [0, 0.05) is 11.8 Å². The highest BCUT2D eigenvalue weighted by Crippen LogP contribution is 2.38. The molecule has 6 nitrogen and oxygen atoms in total. The molecule has 0 bridgehead atoms. The first kappa shape index (κ1) is 18.5. The molecular formula is C18H14BrNO5S. The number of hydrogen-bond acceptors (Lipinski definition) is 5. The Labute approximate surface area is 161 Å². The highest BCUT2D eigenvalue weighted by molar-refractivity contribution is 9.10. The second-order valence-electron chi connectivity index (χ2n) is 5.52. The maximum Gasteiger partial charge on any atom is 0.303 e. The fourth-order valence-corrected chi connectivity index (χ4v) is 3.82. The molecule has 1 heterocycles. The van der Waals surface area contributed by atoms with Crippen molar-refractivity contribution in [1.82, 2.24) is 5.32 Å². The number of carboxylic acid groups (broad SMARTS) is 1. The van der Waals surface area contributed by atoms with Crippen molar-refractivity contribution in [3.8, 4) is 5.75 Å². The molecule has 26 heavy (non-hydrogen) atoms. The summed E-state index contributed by atoms with van der Waals surface area (Å²) in [5, 5.41) is 12.3. The summed E-state index contributed by atoms with van der Waals surface area (Å²) in [5.41, 5.74) is 0.776. The van der Waals surface area contributed by atoms with Crippen molar-refractivity contribution in [3.63, 3.8) is 0 Å². The quantitative estimate of drug-likeness (QED) is 0.522. The van der Waals surface area contributed by atoms with Gasteiger partial charge in [-0.15, -0.1) is 0 Å². The molecule has 3 rings (SSSR count). The van der Waals surface area contributed by atoms with Crippen LogP contribution in [-0.2, 0) is 9.59 Å². The van der Waals surface area contributed by atoms with E-state index < -0.39 is 11.9 Å². The van der Waals surface area contributed by atoms with Gasteiger partial charge < -0.3 is 9.84 Å². The third-order valence-corrected chi connectivity index (χ3v) is 5.09. The van der Waals surface area contributed by atoms with Crippen LogP contribution in [0.5, 0.6) is 5.75 Å². The van der Waals surface area contributed by atoms with E-state index in [1.54, 1.807) is 6.08 Å². The Hall–Kier alpha value is -2.32. The van der Waals surface area contributed by atoms with Gasteiger partial charge in [0.2, 0.25) is 0 Å². The number of thioether (sulfide) groups is 1. The molecule has 1 fully saturated rings. The number of rotatable bonds is 6. The number of benzene rings is 2. The average molecular weight is 436 g/mol. The fourth-order valence-electron chi connectivity index (χ4n) is 2.57. The molecule has 0 spiro atoms. The van der Waals surface area contributed by atoms with E-state index in [0.29, 0.717) is 21.5 Å². The standard InChI is InChI=1S/C18H14BrNO5S/c19-13-8-10(9-14-17(23)20-18(24)26-14)11-4-1-2-5-12(11)16(13)25-7-3-6-15(21)22/h1-2,4-5,8-9H,3,6-7H2,(H,21,22)(H,20,23,24). The number of amides is 2. The predicted octanol–water partition coefficient (Wildman–Crippen LogP) is 4.17. The van der Waals surface area contributed by atoms with E-state index in [1.165, 1.54) is 0 Å². The smallest absolute Gasteiger partial charge is 0.303 e. The SMILES string of the molecule is O=C(O)CCCOc1c(Br)cc(C=C2SC(=O)NC2=O)c2ccccc12. The van der Waals surface area contributed by atoms with Gasteiger partial charge in [0.05, 0.1) is 16.0 Å². The molecule has 0 saturated carbocycles. The molecule has 134 valence electrons. The number of carboxylic acids is 1. The van der Waals surface area contributed by atoms with Crippen LogP contribution in [0.25, 0.3) is 16.8 Å². The minimum atomic E-state index is -0.860. The Morgan fingerprint density at radius 1 is 1.27 bits per heavy atom. The van der Waals surface area contributed by atoms with E-state index in [2.05, 4.69) is 21.2 Å². The molecule has 0 atom stereocenters. The first-order valence-corrected chi connectivity index (χ1v) is 9.37. The van der Waals surface area contributed by atoms with Crippen LogP contribution in [-0.4, -0.2) is 28.8 Å². The van der Waals surface area contributed by atoms with Crippen LogP contribution in [0, 0.1) is 0 Å².